The quantitative estimate of drug-likeness (QED) is 0.104. The SMILES string of the molecule is CCC(=O)OC1C(OC(=O)CC)[C@H](n2cnc3c(N)ncnc32)O[C@@H]1C(C)OP(=O)(NC(C)C(=O)OC(C)C)Oc1cccc2ccccc12. The molecule has 50 heavy (non-hydrogen) atoms. The van der Waals surface area contributed by atoms with Crippen LogP contribution < -0.4 is 15.3 Å². The lowest BCUT2D eigenvalue weighted by molar-refractivity contribution is -0.168. The molecule has 7 atom stereocenters. The molecule has 4 aromatic rings. The van der Waals surface area contributed by atoms with Gasteiger partial charge in [-0.3, -0.25) is 23.5 Å². The van der Waals surface area contributed by atoms with Gasteiger partial charge in [-0.25, -0.2) is 19.5 Å². The number of carbonyl (C=O) groups is 3. The van der Waals surface area contributed by atoms with Gasteiger partial charge in [-0.1, -0.05) is 50.2 Å². The van der Waals surface area contributed by atoms with Crippen molar-refractivity contribution in [3.8, 4) is 5.75 Å². The van der Waals surface area contributed by atoms with Crippen molar-refractivity contribution in [2.24, 2.45) is 0 Å². The predicted molar refractivity (Wildman–Crippen MR) is 181 cm³/mol. The van der Waals surface area contributed by atoms with E-state index in [0.29, 0.717) is 5.39 Å². The number of aromatic nitrogens is 4. The predicted octanol–water partition coefficient (Wildman–Crippen LogP) is 4.62. The molecule has 1 fully saturated rings. The number of esters is 3. The lowest BCUT2D eigenvalue weighted by atomic mass is 10.1. The third kappa shape index (κ3) is 8.05. The summed E-state index contributed by atoms with van der Waals surface area (Å²) in [5, 5.41) is 4.14. The van der Waals surface area contributed by atoms with E-state index in [4.69, 9.17) is 33.7 Å². The highest BCUT2D eigenvalue weighted by molar-refractivity contribution is 7.52. The van der Waals surface area contributed by atoms with Gasteiger partial charge in [0.05, 0.1) is 18.5 Å². The van der Waals surface area contributed by atoms with Gasteiger partial charge in [0.15, 0.2) is 29.9 Å². The van der Waals surface area contributed by atoms with E-state index in [1.807, 2.05) is 18.2 Å². The Labute approximate surface area is 288 Å². The number of carbonyl (C=O) groups excluding carboxylic acids is 3. The van der Waals surface area contributed by atoms with Crippen LogP contribution in [-0.2, 0) is 42.4 Å². The Kier molecular flexibility index (Phi) is 11.4. The van der Waals surface area contributed by atoms with E-state index in [-0.39, 0.29) is 35.6 Å². The van der Waals surface area contributed by atoms with E-state index in [1.165, 1.54) is 31.1 Å². The zero-order valence-corrected chi connectivity index (χ0v) is 29.4. The van der Waals surface area contributed by atoms with Gasteiger partial charge in [0.25, 0.3) is 0 Å². The van der Waals surface area contributed by atoms with Crippen LogP contribution in [-0.4, -0.2) is 74.0 Å². The van der Waals surface area contributed by atoms with Crippen LogP contribution in [0.15, 0.2) is 55.1 Å². The average molecular weight is 713 g/mol. The molecule has 2 aromatic heterocycles. The molecule has 17 heteroatoms. The molecule has 268 valence electrons. The molecule has 0 radical (unpaired) electrons. The maximum atomic E-state index is 14.7. The lowest BCUT2D eigenvalue weighted by Crippen LogP contribution is -2.44. The van der Waals surface area contributed by atoms with Crippen LogP contribution in [0.25, 0.3) is 21.9 Å². The number of nitrogens with zero attached hydrogens (tertiary/aromatic N) is 4. The van der Waals surface area contributed by atoms with Crippen molar-refractivity contribution in [2.75, 3.05) is 5.73 Å². The number of anilines is 1. The fourth-order valence-corrected chi connectivity index (χ4v) is 7.15. The highest BCUT2D eigenvalue weighted by Gasteiger charge is 2.54. The van der Waals surface area contributed by atoms with Gasteiger partial charge in [-0.15, -0.1) is 0 Å². The number of nitrogen functional groups attached to an aromatic ring is 1. The van der Waals surface area contributed by atoms with Crippen LogP contribution in [0.5, 0.6) is 5.75 Å². The van der Waals surface area contributed by atoms with E-state index < -0.39 is 68.4 Å². The fourth-order valence-electron chi connectivity index (χ4n) is 5.44. The van der Waals surface area contributed by atoms with Crippen molar-refractivity contribution >= 4 is 53.4 Å². The Hall–Kier alpha value is -4.63. The normalized spacial score (nSPS) is 21.4. The van der Waals surface area contributed by atoms with Gasteiger partial charge >= 0.3 is 25.7 Å². The van der Waals surface area contributed by atoms with E-state index >= 15 is 0 Å². The highest BCUT2D eigenvalue weighted by atomic mass is 31.2. The first kappa shape index (κ1) is 36.6. The number of imidazole rings is 1. The van der Waals surface area contributed by atoms with Gasteiger partial charge in [-0.2, -0.15) is 5.09 Å². The van der Waals surface area contributed by atoms with Gasteiger partial charge in [-0.05, 0) is 39.1 Å². The first-order valence-electron chi connectivity index (χ1n) is 16.3. The average Bonchev–Trinajstić information content (AvgIpc) is 3.66. The number of ether oxygens (including phenoxy) is 4. The first-order chi connectivity index (χ1) is 23.8. The number of fused-ring (bicyclic) bond motifs is 2. The molecule has 0 saturated carbocycles. The van der Waals surface area contributed by atoms with Crippen LogP contribution in [0.4, 0.5) is 5.82 Å². The Morgan fingerprint density at radius 2 is 1.64 bits per heavy atom. The maximum Gasteiger partial charge on any atom is 0.459 e. The molecule has 0 spiro atoms. The molecule has 3 heterocycles. The summed E-state index contributed by atoms with van der Waals surface area (Å²) in [4.78, 5) is 50.9. The molecule has 16 nitrogen and oxygen atoms in total. The number of nitrogens with two attached hydrogens (primary N) is 1. The van der Waals surface area contributed by atoms with Crippen molar-refractivity contribution in [1.29, 1.82) is 0 Å². The Morgan fingerprint density at radius 3 is 2.34 bits per heavy atom. The van der Waals surface area contributed by atoms with Crippen molar-refractivity contribution < 1.29 is 46.9 Å². The number of benzene rings is 2. The monoisotopic (exact) mass is 712 g/mol. The Balaban J connectivity index is 1.54. The maximum absolute atomic E-state index is 14.7. The molecule has 0 aliphatic carbocycles. The third-order valence-electron chi connectivity index (χ3n) is 7.79. The second-order valence-electron chi connectivity index (χ2n) is 11.9. The molecule has 1 aliphatic heterocycles. The van der Waals surface area contributed by atoms with Crippen LogP contribution in [0.2, 0.25) is 0 Å². The summed E-state index contributed by atoms with van der Waals surface area (Å²) in [6.45, 7) is 9.59. The summed E-state index contributed by atoms with van der Waals surface area (Å²) in [5.41, 5.74) is 6.55. The van der Waals surface area contributed by atoms with Crippen LogP contribution >= 0.6 is 7.75 Å². The largest absolute Gasteiger partial charge is 0.462 e. The number of nitrogens with one attached hydrogen (secondary N) is 1. The number of rotatable bonds is 14. The number of hydrogen-bond donors (Lipinski definition) is 2. The minimum atomic E-state index is -4.49. The van der Waals surface area contributed by atoms with Gasteiger partial charge in [0, 0.05) is 18.2 Å². The van der Waals surface area contributed by atoms with Crippen LogP contribution in [0.3, 0.4) is 0 Å². The summed E-state index contributed by atoms with van der Waals surface area (Å²) < 4.78 is 52.0. The molecular formula is C33H41N6O10P. The lowest BCUT2D eigenvalue weighted by Gasteiger charge is -2.30. The molecule has 0 bridgehead atoms. The molecule has 1 aliphatic rings. The van der Waals surface area contributed by atoms with Crippen molar-refractivity contribution in [3.05, 3.63) is 55.1 Å². The fraction of sp³-hybridized carbons (Fsp3) is 0.455. The van der Waals surface area contributed by atoms with Gasteiger partial charge in [0.1, 0.15) is 29.7 Å². The standard InChI is InChI=1S/C33H41N6O10P/c1-7-24(40)45-28-27(47-32(29(28)46-25(41)8-2)39-17-37-26-30(34)35-16-36-31(26)39)20(6)48-50(43,38-19(5)33(42)44-18(3)4)49-23-15-11-13-21-12-9-10-14-22(21)23/h9-20,27-29,32H,7-8H2,1-6H3,(H,38,43)(H2,34,35,36)/t19?,20?,27-,28?,29?,32-,50?/m1/s1. The van der Waals surface area contributed by atoms with Crippen molar-refractivity contribution in [1.82, 2.24) is 24.6 Å². The summed E-state index contributed by atoms with van der Waals surface area (Å²) in [7, 11) is -4.49. The van der Waals surface area contributed by atoms with E-state index in [2.05, 4.69) is 20.0 Å². The molecular weight excluding hydrogens is 671 g/mol. The second kappa shape index (κ2) is 15.5. The van der Waals surface area contributed by atoms with Gasteiger partial charge < -0.3 is 29.2 Å². The topological polar surface area (TPSA) is 205 Å². The summed E-state index contributed by atoms with van der Waals surface area (Å²) in [6, 6.07) is 11.4. The van der Waals surface area contributed by atoms with E-state index in [1.54, 1.807) is 52.0 Å². The molecule has 5 rings (SSSR count). The summed E-state index contributed by atoms with van der Waals surface area (Å²) in [5.74, 6) is -1.58. The Morgan fingerprint density at radius 1 is 0.960 bits per heavy atom. The number of hydrogen-bond acceptors (Lipinski definition) is 14. The summed E-state index contributed by atoms with van der Waals surface area (Å²) in [6.07, 6.45) is -3.83. The van der Waals surface area contributed by atoms with Crippen molar-refractivity contribution in [2.45, 2.75) is 97.2 Å². The van der Waals surface area contributed by atoms with Crippen LogP contribution in [0, 0.1) is 0 Å². The molecule has 2 aromatic carbocycles. The van der Waals surface area contributed by atoms with E-state index in [0.717, 1.165) is 5.39 Å². The van der Waals surface area contributed by atoms with Crippen LogP contribution in [0.1, 0.15) is 60.6 Å². The van der Waals surface area contributed by atoms with E-state index in [9.17, 15) is 18.9 Å². The zero-order valence-electron chi connectivity index (χ0n) is 28.5. The molecule has 3 N–H and O–H groups in total. The first-order valence-corrected chi connectivity index (χ1v) is 17.8. The Bertz CT molecular complexity index is 1900. The van der Waals surface area contributed by atoms with Crippen molar-refractivity contribution in [3.63, 3.8) is 0 Å². The van der Waals surface area contributed by atoms with Gasteiger partial charge in [0.2, 0.25) is 0 Å². The second-order valence-corrected chi connectivity index (χ2v) is 13.5. The zero-order chi connectivity index (χ0) is 36.2. The molecule has 0 amide bonds. The smallest absolute Gasteiger partial charge is 0.459 e. The minimum Gasteiger partial charge on any atom is -0.462 e. The highest BCUT2D eigenvalue weighted by Crippen LogP contribution is 2.50. The summed E-state index contributed by atoms with van der Waals surface area (Å²) >= 11 is 0. The third-order valence-corrected chi connectivity index (χ3v) is 9.54. The minimum absolute atomic E-state index is 0.00491. The molecule has 1 saturated heterocycles. The molecule has 5 unspecified atom stereocenters.